The van der Waals surface area contributed by atoms with Gasteiger partial charge in [-0.25, -0.2) is 0 Å². The van der Waals surface area contributed by atoms with Gasteiger partial charge in [-0.15, -0.1) is 0 Å². The van der Waals surface area contributed by atoms with Crippen molar-refractivity contribution in [1.29, 1.82) is 0 Å². The third-order valence-corrected chi connectivity index (χ3v) is 3.62. The molecule has 1 N–H and O–H groups in total. The van der Waals surface area contributed by atoms with Gasteiger partial charge in [0.05, 0.1) is 5.02 Å². The van der Waals surface area contributed by atoms with Crippen molar-refractivity contribution in [2.24, 2.45) is 0 Å². The SMILES string of the molecule is Clc1ccc(C2CCCN2)cc1Br. The van der Waals surface area contributed by atoms with Gasteiger partial charge in [-0.3, -0.25) is 0 Å². The fraction of sp³-hybridized carbons (Fsp3) is 0.400. The number of hydrogen-bond acceptors (Lipinski definition) is 1. The number of nitrogens with one attached hydrogen (secondary N) is 1. The molecule has 0 aliphatic carbocycles. The van der Waals surface area contributed by atoms with Crippen molar-refractivity contribution in [3.05, 3.63) is 33.3 Å². The summed E-state index contributed by atoms with van der Waals surface area (Å²) in [6, 6.07) is 6.66. The third-order valence-electron chi connectivity index (χ3n) is 2.41. The number of benzene rings is 1. The fourth-order valence-corrected chi connectivity index (χ4v) is 2.21. The Morgan fingerprint density at radius 3 is 2.92 bits per heavy atom. The molecule has 1 aromatic carbocycles. The predicted molar refractivity (Wildman–Crippen MR) is 59.1 cm³/mol. The lowest BCUT2D eigenvalue weighted by molar-refractivity contribution is 0.647. The van der Waals surface area contributed by atoms with Crippen molar-refractivity contribution >= 4 is 27.5 Å². The lowest BCUT2D eigenvalue weighted by Gasteiger charge is -2.10. The Hall–Kier alpha value is -0.0500. The summed E-state index contributed by atoms with van der Waals surface area (Å²) in [5.74, 6) is 0. The minimum atomic E-state index is 0.522. The predicted octanol–water partition coefficient (Wildman–Crippen LogP) is 3.53. The summed E-state index contributed by atoms with van der Waals surface area (Å²) in [5.41, 5.74) is 1.33. The van der Waals surface area contributed by atoms with Gasteiger partial charge >= 0.3 is 0 Å². The minimum Gasteiger partial charge on any atom is -0.310 e. The Balaban J connectivity index is 2.25. The summed E-state index contributed by atoms with van der Waals surface area (Å²) in [7, 11) is 0. The van der Waals surface area contributed by atoms with Crippen molar-refractivity contribution in [2.45, 2.75) is 18.9 Å². The van der Waals surface area contributed by atoms with Crippen molar-refractivity contribution in [2.75, 3.05) is 6.54 Å². The summed E-state index contributed by atoms with van der Waals surface area (Å²) in [6.07, 6.45) is 2.50. The molecule has 3 heteroatoms. The second-order valence-electron chi connectivity index (χ2n) is 3.32. The highest BCUT2D eigenvalue weighted by Gasteiger charge is 2.16. The van der Waals surface area contributed by atoms with Crippen LogP contribution in [0.5, 0.6) is 0 Å². The van der Waals surface area contributed by atoms with Gasteiger partial charge in [0.25, 0.3) is 0 Å². The molecule has 1 nitrogen and oxygen atoms in total. The van der Waals surface area contributed by atoms with E-state index in [1.807, 2.05) is 6.07 Å². The number of rotatable bonds is 1. The molecular formula is C10H11BrClN. The topological polar surface area (TPSA) is 12.0 Å². The molecule has 2 rings (SSSR count). The second-order valence-corrected chi connectivity index (χ2v) is 4.58. The summed E-state index contributed by atoms with van der Waals surface area (Å²) >= 11 is 9.35. The lowest BCUT2D eigenvalue weighted by atomic mass is 10.1. The van der Waals surface area contributed by atoms with E-state index >= 15 is 0 Å². The zero-order chi connectivity index (χ0) is 9.26. The Kier molecular flexibility index (Phi) is 2.92. The Morgan fingerprint density at radius 1 is 1.46 bits per heavy atom. The summed E-state index contributed by atoms with van der Waals surface area (Å²) in [5, 5.41) is 4.24. The first-order valence-electron chi connectivity index (χ1n) is 4.46. The average molecular weight is 261 g/mol. The summed E-state index contributed by atoms with van der Waals surface area (Å²) < 4.78 is 0.986. The number of halogens is 2. The first kappa shape index (κ1) is 9.50. The van der Waals surface area contributed by atoms with E-state index in [0.717, 1.165) is 16.0 Å². The highest BCUT2D eigenvalue weighted by atomic mass is 79.9. The molecule has 1 aliphatic rings. The average Bonchev–Trinajstić information content (AvgIpc) is 2.62. The van der Waals surface area contributed by atoms with E-state index in [2.05, 4.69) is 33.4 Å². The molecule has 0 radical (unpaired) electrons. The van der Waals surface area contributed by atoms with Crippen LogP contribution in [0.25, 0.3) is 0 Å². The van der Waals surface area contributed by atoms with Gasteiger partial charge in [-0.1, -0.05) is 17.7 Å². The van der Waals surface area contributed by atoms with E-state index < -0.39 is 0 Å². The van der Waals surface area contributed by atoms with E-state index in [1.165, 1.54) is 18.4 Å². The Morgan fingerprint density at radius 2 is 2.31 bits per heavy atom. The molecule has 0 saturated carbocycles. The Bertz CT molecular complexity index is 308. The van der Waals surface area contributed by atoms with Crippen LogP contribution in [0, 0.1) is 0 Å². The van der Waals surface area contributed by atoms with Crippen LogP contribution >= 0.6 is 27.5 Å². The highest BCUT2D eigenvalue weighted by Crippen LogP contribution is 2.29. The lowest BCUT2D eigenvalue weighted by Crippen LogP contribution is -2.12. The molecule has 1 unspecified atom stereocenters. The van der Waals surface area contributed by atoms with Crippen LogP contribution in [-0.2, 0) is 0 Å². The molecule has 1 saturated heterocycles. The van der Waals surface area contributed by atoms with Crippen LogP contribution < -0.4 is 5.32 Å². The van der Waals surface area contributed by atoms with Crippen LogP contribution in [0.2, 0.25) is 5.02 Å². The second kappa shape index (κ2) is 3.99. The van der Waals surface area contributed by atoms with E-state index in [9.17, 15) is 0 Å². The maximum Gasteiger partial charge on any atom is 0.0548 e. The zero-order valence-corrected chi connectivity index (χ0v) is 9.53. The van der Waals surface area contributed by atoms with Crippen LogP contribution in [-0.4, -0.2) is 6.54 Å². The summed E-state index contributed by atoms with van der Waals surface area (Å²) in [4.78, 5) is 0. The van der Waals surface area contributed by atoms with Gasteiger partial charge < -0.3 is 5.32 Å². The maximum atomic E-state index is 5.92. The van der Waals surface area contributed by atoms with Crippen molar-refractivity contribution in [3.8, 4) is 0 Å². The third kappa shape index (κ3) is 2.06. The molecular weight excluding hydrogens is 249 g/mol. The van der Waals surface area contributed by atoms with Gasteiger partial charge in [0.15, 0.2) is 0 Å². The molecule has 0 spiro atoms. The molecule has 0 aromatic heterocycles. The number of hydrogen-bond donors (Lipinski definition) is 1. The van der Waals surface area contributed by atoms with Gasteiger partial charge in [-0.2, -0.15) is 0 Å². The zero-order valence-electron chi connectivity index (χ0n) is 7.19. The maximum absolute atomic E-state index is 5.92. The van der Waals surface area contributed by atoms with E-state index in [-0.39, 0.29) is 0 Å². The van der Waals surface area contributed by atoms with Gasteiger partial charge in [-0.05, 0) is 53.0 Å². The van der Waals surface area contributed by atoms with Crippen LogP contribution in [0.3, 0.4) is 0 Å². The molecule has 1 atom stereocenters. The van der Waals surface area contributed by atoms with Gasteiger partial charge in [0.2, 0.25) is 0 Å². The highest BCUT2D eigenvalue weighted by molar-refractivity contribution is 9.10. The van der Waals surface area contributed by atoms with Crippen LogP contribution in [0.4, 0.5) is 0 Å². The standard InChI is InChI=1S/C10H11BrClN/c11-8-6-7(3-4-9(8)12)10-2-1-5-13-10/h3-4,6,10,13H,1-2,5H2. The largest absolute Gasteiger partial charge is 0.310 e. The molecule has 70 valence electrons. The van der Waals surface area contributed by atoms with Gasteiger partial charge in [0, 0.05) is 10.5 Å². The van der Waals surface area contributed by atoms with E-state index in [1.54, 1.807) is 0 Å². The normalized spacial score (nSPS) is 22.2. The molecule has 0 bridgehead atoms. The molecule has 1 heterocycles. The fourth-order valence-electron chi connectivity index (χ4n) is 1.70. The van der Waals surface area contributed by atoms with Gasteiger partial charge in [0.1, 0.15) is 0 Å². The Labute approximate surface area is 91.6 Å². The minimum absolute atomic E-state index is 0.522. The quantitative estimate of drug-likeness (QED) is 0.814. The first-order valence-corrected chi connectivity index (χ1v) is 5.63. The molecule has 1 aliphatic heterocycles. The molecule has 13 heavy (non-hydrogen) atoms. The molecule has 1 aromatic rings. The monoisotopic (exact) mass is 259 g/mol. The van der Waals surface area contributed by atoms with Crippen molar-refractivity contribution in [3.63, 3.8) is 0 Å². The van der Waals surface area contributed by atoms with Crippen molar-refractivity contribution < 1.29 is 0 Å². The van der Waals surface area contributed by atoms with Crippen LogP contribution in [0.15, 0.2) is 22.7 Å². The van der Waals surface area contributed by atoms with E-state index in [0.29, 0.717) is 6.04 Å². The smallest absolute Gasteiger partial charge is 0.0548 e. The van der Waals surface area contributed by atoms with E-state index in [4.69, 9.17) is 11.6 Å². The molecule has 0 amide bonds. The molecule has 1 fully saturated rings. The van der Waals surface area contributed by atoms with Crippen molar-refractivity contribution in [1.82, 2.24) is 5.32 Å². The summed E-state index contributed by atoms with van der Waals surface area (Å²) in [6.45, 7) is 1.13. The first-order chi connectivity index (χ1) is 6.27. The van der Waals surface area contributed by atoms with Crippen LogP contribution in [0.1, 0.15) is 24.4 Å².